The van der Waals surface area contributed by atoms with Crippen molar-refractivity contribution in [3.63, 3.8) is 0 Å². The topological polar surface area (TPSA) is 88.2 Å². The Bertz CT molecular complexity index is 693. The molecule has 3 rings (SSSR count). The molecule has 0 aromatic carbocycles. The number of amides is 1. The molecule has 1 aliphatic rings. The predicted octanol–water partition coefficient (Wildman–Crippen LogP) is 2.05. The highest BCUT2D eigenvalue weighted by atomic mass is 16.4. The largest absolute Gasteiger partial charge is 0.435 e. The van der Waals surface area contributed by atoms with Crippen LogP contribution < -0.4 is 5.32 Å². The minimum absolute atomic E-state index is 0.0784. The zero-order valence-electron chi connectivity index (χ0n) is 14.0. The number of hydrogen-bond donors (Lipinski definition) is 2. The van der Waals surface area contributed by atoms with E-state index in [1.807, 2.05) is 25.1 Å². The fourth-order valence-electron chi connectivity index (χ4n) is 3.09. The Kier molecular flexibility index (Phi) is 4.94. The van der Waals surface area contributed by atoms with Crippen LogP contribution in [0.4, 0.5) is 0 Å². The Balaban J connectivity index is 1.73. The van der Waals surface area contributed by atoms with Gasteiger partial charge in [-0.3, -0.25) is 9.78 Å². The molecule has 1 fully saturated rings. The molecule has 2 aromatic heterocycles. The molecule has 0 spiro atoms. The molecule has 0 radical (unpaired) electrons. The zero-order chi connectivity index (χ0) is 17.1. The maximum Gasteiger partial charge on any atom is 0.289 e. The summed E-state index contributed by atoms with van der Waals surface area (Å²) in [6, 6.07) is 5.67. The van der Waals surface area contributed by atoms with E-state index in [2.05, 4.69) is 15.3 Å². The molecule has 1 atom stereocenters. The lowest BCUT2D eigenvalue weighted by Crippen LogP contribution is -2.48. The number of rotatable bonds is 6. The van der Waals surface area contributed by atoms with E-state index >= 15 is 0 Å². The molecule has 0 aliphatic heterocycles. The quantitative estimate of drug-likeness (QED) is 0.847. The van der Waals surface area contributed by atoms with Crippen LogP contribution in [0.5, 0.6) is 0 Å². The lowest BCUT2D eigenvalue weighted by molar-refractivity contribution is 0.0234. The number of nitrogens with zero attached hydrogens (tertiary/aromatic N) is 2. The Morgan fingerprint density at radius 1 is 1.46 bits per heavy atom. The fourth-order valence-corrected chi connectivity index (χ4v) is 3.09. The summed E-state index contributed by atoms with van der Waals surface area (Å²) in [7, 11) is 0. The number of oxazole rings is 1. The summed E-state index contributed by atoms with van der Waals surface area (Å²) in [4.78, 5) is 21.2. The number of aliphatic hydroxyl groups excluding tert-OH is 1. The standard InChI is InChI=1S/C18H23N3O3/c1-3-16-20-11(2)17(24-16)18(23)21-15(12-8-14(22)9-12)10-13-6-4-5-7-19-13/h4-7,12,14-15,22H,3,8-10H2,1-2H3,(H,21,23)/t12?,14?,15-/m1/s1. The third-order valence-corrected chi connectivity index (χ3v) is 4.54. The van der Waals surface area contributed by atoms with E-state index in [1.165, 1.54) is 0 Å². The van der Waals surface area contributed by atoms with Gasteiger partial charge in [-0.05, 0) is 37.8 Å². The van der Waals surface area contributed by atoms with E-state index in [0.29, 0.717) is 37.3 Å². The van der Waals surface area contributed by atoms with Crippen molar-refractivity contribution in [2.24, 2.45) is 5.92 Å². The number of aryl methyl sites for hydroxylation is 2. The molecule has 128 valence electrons. The monoisotopic (exact) mass is 329 g/mol. The van der Waals surface area contributed by atoms with Gasteiger partial charge in [-0.1, -0.05) is 13.0 Å². The van der Waals surface area contributed by atoms with Crippen LogP contribution in [0.1, 0.15) is 47.6 Å². The molecular formula is C18H23N3O3. The average Bonchev–Trinajstić information content (AvgIpc) is 2.93. The molecule has 24 heavy (non-hydrogen) atoms. The molecule has 1 amide bonds. The van der Waals surface area contributed by atoms with E-state index < -0.39 is 0 Å². The summed E-state index contributed by atoms with van der Waals surface area (Å²) >= 11 is 0. The molecule has 0 bridgehead atoms. The summed E-state index contributed by atoms with van der Waals surface area (Å²) in [5.41, 5.74) is 1.53. The van der Waals surface area contributed by atoms with Crippen molar-refractivity contribution >= 4 is 5.91 Å². The Morgan fingerprint density at radius 3 is 2.83 bits per heavy atom. The number of hydrogen-bond acceptors (Lipinski definition) is 5. The van der Waals surface area contributed by atoms with Crippen molar-refractivity contribution in [1.29, 1.82) is 0 Å². The molecule has 6 heteroatoms. The lowest BCUT2D eigenvalue weighted by Gasteiger charge is -2.37. The predicted molar refractivity (Wildman–Crippen MR) is 88.5 cm³/mol. The molecule has 0 saturated heterocycles. The van der Waals surface area contributed by atoms with Gasteiger partial charge >= 0.3 is 0 Å². The summed E-state index contributed by atoms with van der Waals surface area (Å²) in [6.07, 6.45) is 4.17. The van der Waals surface area contributed by atoms with Gasteiger partial charge in [-0.25, -0.2) is 4.98 Å². The third-order valence-electron chi connectivity index (χ3n) is 4.54. The summed E-state index contributed by atoms with van der Waals surface area (Å²) in [5.74, 6) is 0.845. The van der Waals surface area contributed by atoms with Crippen molar-refractivity contribution in [3.8, 4) is 0 Å². The SMILES string of the molecule is CCc1nc(C)c(C(=O)N[C@H](Cc2ccccn2)C2CC(O)C2)o1. The van der Waals surface area contributed by atoms with Gasteiger partial charge < -0.3 is 14.8 Å². The van der Waals surface area contributed by atoms with Crippen molar-refractivity contribution in [3.05, 3.63) is 47.4 Å². The maximum absolute atomic E-state index is 12.6. The summed E-state index contributed by atoms with van der Waals surface area (Å²) in [6.45, 7) is 3.71. The second kappa shape index (κ2) is 7.13. The van der Waals surface area contributed by atoms with Gasteiger partial charge in [0.05, 0.1) is 11.8 Å². The first-order valence-corrected chi connectivity index (χ1v) is 8.42. The Morgan fingerprint density at radius 2 is 2.25 bits per heavy atom. The third kappa shape index (κ3) is 3.64. The van der Waals surface area contributed by atoms with Gasteiger partial charge in [0.1, 0.15) is 0 Å². The van der Waals surface area contributed by atoms with Crippen LogP contribution in [0.3, 0.4) is 0 Å². The van der Waals surface area contributed by atoms with Gasteiger partial charge in [-0.2, -0.15) is 0 Å². The van der Waals surface area contributed by atoms with Crippen molar-refractivity contribution in [2.75, 3.05) is 0 Å². The van der Waals surface area contributed by atoms with E-state index in [4.69, 9.17) is 4.42 Å². The zero-order valence-corrected chi connectivity index (χ0v) is 14.0. The van der Waals surface area contributed by atoms with E-state index in [1.54, 1.807) is 13.1 Å². The molecule has 1 aliphatic carbocycles. The normalized spacial score (nSPS) is 21.1. The number of aromatic nitrogens is 2. The summed E-state index contributed by atoms with van der Waals surface area (Å²) < 4.78 is 5.54. The van der Waals surface area contributed by atoms with Gasteiger partial charge in [-0.15, -0.1) is 0 Å². The number of carbonyl (C=O) groups excluding carboxylic acids is 1. The van der Waals surface area contributed by atoms with Gasteiger partial charge in [0.2, 0.25) is 5.76 Å². The number of pyridine rings is 1. The summed E-state index contributed by atoms with van der Waals surface area (Å²) in [5, 5.41) is 12.7. The van der Waals surface area contributed by atoms with Crippen LogP contribution >= 0.6 is 0 Å². The van der Waals surface area contributed by atoms with Crippen LogP contribution in [0.15, 0.2) is 28.8 Å². The highest BCUT2D eigenvalue weighted by molar-refractivity contribution is 5.92. The second-order valence-electron chi connectivity index (χ2n) is 6.37. The molecule has 2 heterocycles. The highest BCUT2D eigenvalue weighted by Gasteiger charge is 2.35. The molecule has 6 nitrogen and oxygen atoms in total. The van der Waals surface area contributed by atoms with Gasteiger partial charge in [0, 0.05) is 30.8 Å². The smallest absolute Gasteiger partial charge is 0.289 e. The van der Waals surface area contributed by atoms with Crippen molar-refractivity contribution in [1.82, 2.24) is 15.3 Å². The van der Waals surface area contributed by atoms with Crippen molar-refractivity contribution < 1.29 is 14.3 Å². The van der Waals surface area contributed by atoms with E-state index in [9.17, 15) is 9.90 Å². The lowest BCUT2D eigenvalue weighted by atomic mass is 9.76. The first-order chi connectivity index (χ1) is 11.6. The first-order valence-electron chi connectivity index (χ1n) is 8.42. The highest BCUT2D eigenvalue weighted by Crippen LogP contribution is 2.31. The molecule has 2 aromatic rings. The number of aliphatic hydroxyl groups is 1. The van der Waals surface area contributed by atoms with Crippen molar-refractivity contribution in [2.45, 2.75) is 51.7 Å². The van der Waals surface area contributed by atoms with Gasteiger partial charge in [0.25, 0.3) is 5.91 Å². The second-order valence-corrected chi connectivity index (χ2v) is 6.37. The molecule has 1 saturated carbocycles. The first kappa shape index (κ1) is 16.6. The number of carbonyl (C=O) groups is 1. The van der Waals surface area contributed by atoms with Gasteiger partial charge in [0.15, 0.2) is 5.89 Å². The maximum atomic E-state index is 12.6. The molecular weight excluding hydrogens is 306 g/mol. The fraction of sp³-hybridized carbons (Fsp3) is 0.500. The average molecular weight is 329 g/mol. The Hall–Kier alpha value is -2.21. The number of nitrogens with one attached hydrogen (secondary N) is 1. The van der Waals surface area contributed by atoms with Crippen LogP contribution in [0.2, 0.25) is 0 Å². The Labute approximate surface area is 141 Å². The van der Waals surface area contributed by atoms with Crippen LogP contribution in [0, 0.1) is 12.8 Å². The minimum atomic E-state index is -0.267. The van der Waals surface area contributed by atoms with E-state index in [-0.39, 0.29) is 29.7 Å². The molecule has 0 unspecified atom stereocenters. The van der Waals surface area contributed by atoms with Crippen LogP contribution in [-0.2, 0) is 12.8 Å². The molecule has 2 N–H and O–H groups in total. The minimum Gasteiger partial charge on any atom is -0.435 e. The van der Waals surface area contributed by atoms with Crippen LogP contribution in [-0.4, -0.2) is 33.1 Å². The van der Waals surface area contributed by atoms with E-state index in [0.717, 1.165) is 5.69 Å². The van der Waals surface area contributed by atoms with Crippen LogP contribution in [0.25, 0.3) is 0 Å².